The van der Waals surface area contributed by atoms with Crippen LogP contribution in [0.4, 0.5) is 0 Å². The SMILES string of the molecule is C[C@H]1C[C@H]2[C@@H]3CCC4=CCC=C[C@]4(C)[C@@]3(Cl)[C@@H](O)C[C@]2(C)[C@@]1(O)C(=O)CO. The monoisotopic (exact) mass is 394 g/mol. The van der Waals surface area contributed by atoms with Crippen LogP contribution in [0.2, 0.25) is 0 Å². The van der Waals surface area contributed by atoms with Crippen molar-refractivity contribution in [2.75, 3.05) is 6.61 Å². The number of aliphatic hydroxyl groups excluding tert-OH is 2. The van der Waals surface area contributed by atoms with Gasteiger partial charge in [0.2, 0.25) is 0 Å². The van der Waals surface area contributed by atoms with Gasteiger partial charge >= 0.3 is 0 Å². The number of rotatable bonds is 2. The summed E-state index contributed by atoms with van der Waals surface area (Å²) in [6.07, 6.45) is 9.32. The van der Waals surface area contributed by atoms with Crippen LogP contribution >= 0.6 is 11.6 Å². The van der Waals surface area contributed by atoms with Crippen molar-refractivity contribution in [1.29, 1.82) is 0 Å². The van der Waals surface area contributed by atoms with E-state index < -0.39 is 39.8 Å². The molecule has 3 saturated carbocycles. The smallest absolute Gasteiger partial charge is 0.190 e. The number of hydrogen-bond donors (Lipinski definition) is 3. The average Bonchev–Trinajstić information content (AvgIpc) is 2.83. The molecule has 8 atom stereocenters. The van der Waals surface area contributed by atoms with E-state index in [4.69, 9.17) is 11.6 Å². The number of carbonyl (C=O) groups excluding carboxylic acids is 1. The summed E-state index contributed by atoms with van der Waals surface area (Å²) in [5.41, 5.74) is -1.52. The zero-order chi connectivity index (χ0) is 19.8. The molecule has 0 bridgehead atoms. The number of ketones is 1. The van der Waals surface area contributed by atoms with E-state index in [0.717, 1.165) is 19.3 Å². The molecule has 3 N–H and O–H groups in total. The Morgan fingerprint density at radius 2 is 2.04 bits per heavy atom. The molecule has 0 aliphatic heterocycles. The van der Waals surface area contributed by atoms with Crippen LogP contribution in [0.3, 0.4) is 0 Å². The van der Waals surface area contributed by atoms with E-state index >= 15 is 0 Å². The second kappa shape index (κ2) is 5.91. The van der Waals surface area contributed by atoms with Gasteiger partial charge < -0.3 is 15.3 Å². The van der Waals surface area contributed by atoms with Gasteiger partial charge in [0.15, 0.2) is 5.78 Å². The Morgan fingerprint density at radius 3 is 2.70 bits per heavy atom. The summed E-state index contributed by atoms with van der Waals surface area (Å²) in [4.78, 5) is 11.8. The van der Waals surface area contributed by atoms with Gasteiger partial charge in [-0.1, -0.05) is 44.6 Å². The number of hydrogen-bond acceptors (Lipinski definition) is 4. The first-order chi connectivity index (χ1) is 12.6. The highest BCUT2D eigenvalue weighted by atomic mass is 35.5. The summed E-state index contributed by atoms with van der Waals surface area (Å²) >= 11 is 7.37. The van der Waals surface area contributed by atoms with Gasteiger partial charge in [-0.25, -0.2) is 0 Å². The number of Topliss-reactive ketones (excluding diaryl/α,β-unsaturated/α-hetero) is 1. The van der Waals surface area contributed by atoms with Crippen molar-refractivity contribution in [3.05, 3.63) is 23.8 Å². The van der Waals surface area contributed by atoms with Crippen molar-refractivity contribution in [2.24, 2.45) is 28.6 Å². The maximum atomic E-state index is 12.6. The third-order valence-corrected chi connectivity index (χ3v) is 9.77. The summed E-state index contributed by atoms with van der Waals surface area (Å²) in [6.45, 7) is 5.25. The van der Waals surface area contributed by atoms with E-state index in [1.54, 1.807) is 0 Å². The fraction of sp³-hybridized carbons (Fsp3) is 0.773. The third-order valence-electron chi connectivity index (χ3n) is 8.85. The molecule has 0 amide bonds. The number of aliphatic hydroxyl groups is 3. The molecule has 0 radical (unpaired) electrons. The molecule has 0 aromatic heterocycles. The molecule has 3 fully saturated rings. The second-order valence-corrected chi connectivity index (χ2v) is 10.3. The van der Waals surface area contributed by atoms with Crippen LogP contribution in [0.1, 0.15) is 52.9 Å². The van der Waals surface area contributed by atoms with Gasteiger partial charge in [-0.05, 0) is 49.9 Å². The summed E-state index contributed by atoms with van der Waals surface area (Å²) in [6, 6.07) is 0. The number of fused-ring (bicyclic) bond motifs is 5. The highest BCUT2D eigenvalue weighted by Gasteiger charge is 2.74. The molecule has 4 rings (SSSR count). The van der Waals surface area contributed by atoms with E-state index in [9.17, 15) is 20.1 Å². The molecule has 0 spiro atoms. The number of alkyl halides is 1. The second-order valence-electron chi connectivity index (χ2n) is 9.71. The first-order valence-corrected chi connectivity index (χ1v) is 10.6. The minimum atomic E-state index is -1.62. The van der Waals surface area contributed by atoms with Crippen molar-refractivity contribution in [1.82, 2.24) is 0 Å². The van der Waals surface area contributed by atoms with Crippen molar-refractivity contribution >= 4 is 17.4 Å². The maximum Gasteiger partial charge on any atom is 0.190 e. The van der Waals surface area contributed by atoms with E-state index in [2.05, 4.69) is 25.2 Å². The normalized spacial score (nSPS) is 54.0. The van der Waals surface area contributed by atoms with Gasteiger partial charge in [0, 0.05) is 10.8 Å². The minimum Gasteiger partial charge on any atom is -0.391 e. The fourth-order valence-electron chi connectivity index (χ4n) is 7.40. The molecule has 5 heteroatoms. The lowest BCUT2D eigenvalue weighted by Gasteiger charge is -2.64. The topological polar surface area (TPSA) is 77.8 Å². The molecular weight excluding hydrogens is 364 g/mol. The Morgan fingerprint density at radius 1 is 1.33 bits per heavy atom. The van der Waals surface area contributed by atoms with Crippen molar-refractivity contribution < 1.29 is 20.1 Å². The van der Waals surface area contributed by atoms with Crippen LogP contribution in [0.25, 0.3) is 0 Å². The Labute approximate surface area is 166 Å². The van der Waals surface area contributed by atoms with E-state index in [-0.39, 0.29) is 24.2 Å². The summed E-state index contributed by atoms with van der Waals surface area (Å²) in [5.74, 6) is -0.775. The summed E-state index contributed by atoms with van der Waals surface area (Å²) < 4.78 is 0. The van der Waals surface area contributed by atoms with Crippen molar-refractivity contribution in [3.63, 3.8) is 0 Å². The molecule has 4 nitrogen and oxygen atoms in total. The van der Waals surface area contributed by atoms with Gasteiger partial charge in [0.05, 0.1) is 11.0 Å². The Bertz CT molecular complexity index is 732. The van der Waals surface area contributed by atoms with Crippen molar-refractivity contribution in [2.45, 2.75) is 69.5 Å². The number of carbonyl (C=O) groups is 1. The lowest BCUT2D eigenvalue weighted by molar-refractivity contribution is -0.179. The van der Waals surface area contributed by atoms with Crippen LogP contribution in [0.15, 0.2) is 23.8 Å². The summed E-state index contributed by atoms with van der Waals surface area (Å²) in [5, 5.41) is 32.4. The Balaban J connectivity index is 1.84. The van der Waals surface area contributed by atoms with E-state index in [1.165, 1.54) is 5.57 Å². The third kappa shape index (κ3) is 2.08. The molecule has 0 aromatic carbocycles. The van der Waals surface area contributed by atoms with Gasteiger partial charge in [-0.2, -0.15) is 0 Å². The standard InChI is InChI=1S/C22H31ClO4/c1-13-10-16-15-8-7-14-6-4-5-9-19(14,2)21(15,23)17(25)11-20(16,3)22(13,27)18(26)12-24/h5-6,9,13,15-17,24-25,27H,4,7-8,10-12H2,1-3H3/t13-,15-,16-,17-,19-,20-,21-,22-/m0/s1. The van der Waals surface area contributed by atoms with Crippen LogP contribution in [-0.2, 0) is 4.79 Å². The molecule has 0 unspecified atom stereocenters. The summed E-state index contributed by atoms with van der Waals surface area (Å²) in [7, 11) is 0. The molecule has 4 aliphatic carbocycles. The van der Waals surface area contributed by atoms with E-state index in [1.807, 2.05) is 13.8 Å². The average molecular weight is 395 g/mol. The van der Waals surface area contributed by atoms with Gasteiger partial charge in [0.25, 0.3) is 0 Å². The highest BCUT2D eigenvalue weighted by molar-refractivity contribution is 6.26. The van der Waals surface area contributed by atoms with Crippen LogP contribution < -0.4 is 0 Å². The largest absolute Gasteiger partial charge is 0.391 e. The number of halogens is 1. The Hall–Kier alpha value is -0.680. The lowest BCUT2D eigenvalue weighted by atomic mass is 9.45. The zero-order valence-corrected chi connectivity index (χ0v) is 17.2. The Kier molecular flexibility index (Phi) is 4.30. The van der Waals surface area contributed by atoms with Gasteiger partial charge in [-0.3, -0.25) is 4.79 Å². The molecule has 0 heterocycles. The first kappa shape index (κ1) is 19.6. The molecule has 27 heavy (non-hydrogen) atoms. The van der Waals surface area contributed by atoms with Crippen LogP contribution in [0, 0.1) is 28.6 Å². The zero-order valence-electron chi connectivity index (χ0n) is 16.4. The molecule has 0 aromatic rings. The number of allylic oxidation sites excluding steroid dienone is 4. The van der Waals surface area contributed by atoms with Crippen LogP contribution in [0.5, 0.6) is 0 Å². The van der Waals surface area contributed by atoms with Gasteiger partial charge in [0.1, 0.15) is 12.2 Å². The minimum absolute atomic E-state index is 0.000726. The molecular formula is C22H31ClO4. The quantitative estimate of drug-likeness (QED) is 0.497. The maximum absolute atomic E-state index is 12.6. The molecule has 0 saturated heterocycles. The van der Waals surface area contributed by atoms with Gasteiger partial charge in [-0.15, -0.1) is 11.6 Å². The predicted molar refractivity (Wildman–Crippen MR) is 104 cm³/mol. The van der Waals surface area contributed by atoms with Crippen molar-refractivity contribution in [3.8, 4) is 0 Å². The lowest BCUT2D eigenvalue weighted by Crippen LogP contribution is -2.68. The predicted octanol–water partition coefficient (Wildman–Crippen LogP) is 2.99. The fourth-order valence-corrected chi connectivity index (χ4v) is 7.92. The molecule has 150 valence electrons. The first-order valence-electron chi connectivity index (χ1n) is 10.2. The van der Waals surface area contributed by atoms with Crippen LogP contribution in [-0.4, -0.2) is 44.3 Å². The van der Waals surface area contributed by atoms with E-state index in [0.29, 0.717) is 6.42 Å². The molecule has 4 aliphatic rings. The highest BCUT2D eigenvalue weighted by Crippen LogP contribution is 2.71.